The van der Waals surface area contributed by atoms with Gasteiger partial charge in [-0.15, -0.1) is 0 Å². The minimum absolute atomic E-state index is 0.0535. The number of aliphatic imine (C=N–C) groups is 1. The Morgan fingerprint density at radius 2 is 2.14 bits per heavy atom. The minimum atomic E-state index is -0.0535. The van der Waals surface area contributed by atoms with Crippen molar-refractivity contribution in [3.05, 3.63) is 30.1 Å². The van der Waals surface area contributed by atoms with Crippen molar-refractivity contribution < 1.29 is 4.84 Å². The van der Waals surface area contributed by atoms with Crippen molar-refractivity contribution in [1.82, 2.24) is 15.4 Å². The number of aromatic amines is 1. The van der Waals surface area contributed by atoms with E-state index in [4.69, 9.17) is 4.84 Å². The summed E-state index contributed by atoms with van der Waals surface area (Å²) in [5, 5.41) is 1.07. The lowest BCUT2D eigenvalue weighted by Crippen LogP contribution is -2.19. The predicted molar refractivity (Wildman–Crippen MR) is 81.8 cm³/mol. The molecule has 3 heterocycles. The van der Waals surface area contributed by atoms with Crippen LogP contribution in [0.3, 0.4) is 0 Å². The second-order valence-corrected chi connectivity index (χ2v) is 5.98. The first-order valence-electron chi connectivity index (χ1n) is 7.82. The Morgan fingerprint density at radius 3 is 3.05 bits per heavy atom. The maximum Gasteiger partial charge on any atom is 0.177 e. The molecule has 0 amide bonds. The highest BCUT2D eigenvalue weighted by molar-refractivity contribution is 6.08. The molecular weight excluding hydrogens is 264 g/mol. The molecule has 0 spiro atoms. The summed E-state index contributed by atoms with van der Waals surface area (Å²) in [5.41, 5.74) is 4.89. The van der Waals surface area contributed by atoms with Crippen LogP contribution in [-0.4, -0.2) is 22.0 Å². The smallest absolute Gasteiger partial charge is 0.177 e. The van der Waals surface area contributed by atoms with Gasteiger partial charge in [-0.25, -0.2) is 20.3 Å². The van der Waals surface area contributed by atoms with Gasteiger partial charge in [0.05, 0.1) is 0 Å². The molecule has 2 aliphatic rings. The summed E-state index contributed by atoms with van der Waals surface area (Å²) in [7, 11) is 0. The van der Waals surface area contributed by atoms with Crippen LogP contribution in [0.4, 0.5) is 0 Å². The van der Waals surface area contributed by atoms with E-state index >= 15 is 0 Å². The maximum absolute atomic E-state index is 5.61. The second kappa shape index (κ2) is 5.48. The third kappa shape index (κ3) is 2.53. The molecule has 4 rings (SSSR count). The fraction of sp³-hybridized carbons (Fsp3) is 0.500. The van der Waals surface area contributed by atoms with Crippen LogP contribution in [0.2, 0.25) is 0 Å². The summed E-state index contributed by atoms with van der Waals surface area (Å²) < 4.78 is 0. The third-order valence-electron chi connectivity index (χ3n) is 4.57. The van der Waals surface area contributed by atoms with Crippen molar-refractivity contribution in [2.75, 3.05) is 0 Å². The van der Waals surface area contributed by atoms with E-state index in [1.807, 2.05) is 18.3 Å². The fourth-order valence-corrected chi connectivity index (χ4v) is 3.40. The Labute approximate surface area is 123 Å². The van der Waals surface area contributed by atoms with Gasteiger partial charge >= 0.3 is 0 Å². The number of hydrogen-bond acceptors (Lipinski definition) is 4. The molecule has 1 saturated carbocycles. The SMILES string of the molecule is c1cnc2[nH]cc(C3=NC(CCC4CCCC4)ON3)c2c1. The summed E-state index contributed by atoms with van der Waals surface area (Å²) in [6.07, 6.45) is 11.4. The molecule has 0 aromatic carbocycles. The van der Waals surface area contributed by atoms with Gasteiger partial charge in [0.1, 0.15) is 5.65 Å². The van der Waals surface area contributed by atoms with Gasteiger partial charge in [0.2, 0.25) is 0 Å². The maximum atomic E-state index is 5.61. The number of hydroxylamine groups is 1. The minimum Gasteiger partial charge on any atom is -0.345 e. The second-order valence-electron chi connectivity index (χ2n) is 5.98. The van der Waals surface area contributed by atoms with Gasteiger partial charge < -0.3 is 4.98 Å². The summed E-state index contributed by atoms with van der Waals surface area (Å²) in [6.45, 7) is 0. The van der Waals surface area contributed by atoms with E-state index in [9.17, 15) is 0 Å². The first kappa shape index (κ1) is 12.8. The van der Waals surface area contributed by atoms with E-state index in [1.54, 1.807) is 6.20 Å². The quantitative estimate of drug-likeness (QED) is 0.906. The molecule has 0 bridgehead atoms. The van der Waals surface area contributed by atoms with Crippen LogP contribution in [0.25, 0.3) is 11.0 Å². The van der Waals surface area contributed by atoms with Crippen molar-refractivity contribution in [2.45, 2.75) is 44.8 Å². The summed E-state index contributed by atoms with van der Waals surface area (Å²) in [6, 6.07) is 3.98. The van der Waals surface area contributed by atoms with Crippen molar-refractivity contribution in [3.8, 4) is 0 Å². The van der Waals surface area contributed by atoms with Crippen LogP contribution >= 0.6 is 0 Å². The van der Waals surface area contributed by atoms with Crippen LogP contribution < -0.4 is 5.48 Å². The van der Waals surface area contributed by atoms with Crippen molar-refractivity contribution in [2.24, 2.45) is 10.9 Å². The van der Waals surface area contributed by atoms with E-state index in [0.717, 1.165) is 34.8 Å². The highest BCUT2D eigenvalue weighted by Gasteiger charge is 2.23. The largest absolute Gasteiger partial charge is 0.345 e. The number of pyridine rings is 1. The molecule has 21 heavy (non-hydrogen) atoms. The Balaban J connectivity index is 1.47. The molecule has 5 heteroatoms. The molecule has 0 radical (unpaired) electrons. The topological polar surface area (TPSA) is 62.3 Å². The highest BCUT2D eigenvalue weighted by atomic mass is 16.7. The van der Waals surface area contributed by atoms with Crippen LogP contribution in [0.15, 0.2) is 29.5 Å². The van der Waals surface area contributed by atoms with E-state index in [0.29, 0.717) is 0 Å². The molecule has 1 aliphatic carbocycles. The monoisotopic (exact) mass is 284 g/mol. The Hall–Kier alpha value is -1.88. The fourth-order valence-electron chi connectivity index (χ4n) is 3.40. The predicted octanol–water partition coefficient (Wildman–Crippen LogP) is 3.14. The van der Waals surface area contributed by atoms with E-state index in [-0.39, 0.29) is 6.23 Å². The van der Waals surface area contributed by atoms with Gasteiger partial charge in [0, 0.05) is 23.3 Å². The van der Waals surface area contributed by atoms with E-state index in [2.05, 4.69) is 20.4 Å². The van der Waals surface area contributed by atoms with E-state index in [1.165, 1.54) is 32.1 Å². The number of nitrogens with zero attached hydrogens (tertiary/aromatic N) is 2. The first-order valence-corrected chi connectivity index (χ1v) is 7.82. The Kier molecular flexibility index (Phi) is 3.35. The zero-order valence-electron chi connectivity index (χ0n) is 12.0. The van der Waals surface area contributed by atoms with Gasteiger partial charge in [-0.1, -0.05) is 25.7 Å². The number of fused-ring (bicyclic) bond motifs is 1. The molecule has 5 nitrogen and oxygen atoms in total. The van der Waals surface area contributed by atoms with Crippen molar-refractivity contribution >= 4 is 16.9 Å². The average Bonchev–Trinajstić information content (AvgIpc) is 3.25. The Bertz CT molecular complexity index is 657. The molecule has 2 aromatic heterocycles. The number of rotatable bonds is 4. The number of H-pyrrole nitrogens is 1. The molecule has 1 unspecified atom stereocenters. The number of aromatic nitrogens is 2. The normalized spacial score (nSPS) is 22.7. The standard InChI is InChI=1S/C16H20N4O/c1-2-5-11(4-1)7-8-14-19-16(20-21-14)13-10-18-15-12(13)6-3-9-17-15/h3,6,9-11,14H,1-2,4-5,7-8H2,(H,17,18)(H,19,20). The molecule has 1 atom stereocenters. The van der Waals surface area contributed by atoms with Crippen LogP contribution in [0, 0.1) is 5.92 Å². The number of nitrogens with one attached hydrogen (secondary N) is 2. The lowest BCUT2D eigenvalue weighted by molar-refractivity contribution is 0.0297. The van der Waals surface area contributed by atoms with Crippen LogP contribution in [0.5, 0.6) is 0 Å². The van der Waals surface area contributed by atoms with Crippen molar-refractivity contribution in [3.63, 3.8) is 0 Å². The zero-order chi connectivity index (χ0) is 14.1. The molecule has 2 aromatic rings. The first-order chi connectivity index (χ1) is 10.4. The summed E-state index contributed by atoms with van der Waals surface area (Å²) in [5.74, 6) is 1.69. The molecule has 1 fully saturated rings. The molecule has 0 saturated heterocycles. The summed E-state index contributed by atoms with van der Waals surface area (Å²) in [4.78, 5) is 17.8. The van der Waals surface area contributed by atoms with Crippen LogP contribution in [0.1, 0.15) is 44.1 Å². The van der Waals surface area contributed by atoms with Gasteiger partial charge in [0.25, 0.3) is 0 Å². The molecule has 1 aliphatic heterocycles. The van der Waals surface area contributed by atoms with Crippen LogP contribution in [-0.2, 0) is 4.84 Å². The lowest BCUT2D eigenvalue weighted by atomic mass is 10.0. The molecule has 2 N–H and O–H groups in total. The summed E-state index contributed by atoms with van der Waals surface area (Å²) >= 11 is 0. The number of hydrogen-bond donors (Lipinski definition) is 2. The van der Waals surface area contributed by atoms with Gasteiger partial charge in [-0.2, -0.15) is 0 Å². The number of amidine groups is 1. The third-order valence-corrected chi connectivity index (χ3v) is 4.57. The van der Waals surface area contributed by atoms with Gasteiger partial charge in [-0.3, -0.25) is 0 Å². The van der Waals surface area contributed by atoms with Gasteiger partial charge in [-0.05, 0) is 30.9 Å². The van der Waals surface area contributed by atoms with E-state index < -0.39 is 0 Å². The van der Waals surface area contributed by atoms with Crippen molar-refractivity contribution in [1.29, 1.82) is 0 Å². The molecule has 110 valence electrons. The Morgan fingerprint density at radius 1 is 1.24 bits per heavy atom. The lowest BCUT2D eigenvalue weighted by Gasteiger charge is -2.10. The molecular formula is C16H20N4O. The highest BCUT2D eigenvalue weighted by Crippen LogP contribution is 2.30. The van der Waals surface area contributed by atoms with Gasteiger partial charge in [0.15, 0.2) is 12.1 Å². The zero-order valence-corrected chi connectivity index (χ0v) is 12.0. The average molecular weight is 284 g/mol.